The monoisotopic (exact) mass is 343 g/mol. The molecule has 2 N–H and O–H groups in total. The molecule has 2 aliphatic rings. The zero-order valence-electron chi connectivity index (χ0n) is 13.9. The van der Waals surface area contributed by atoms with Gasteiger partial charge < -0.3 is 20.1 Å². The molecule has 8 heteroatoms. The summed E-state index contributed by atoms with van der Waals surface area (Å²) in [7, 11) is 0. The second-order valence-electron chi connectivity index (χ2n) is 6.28. The van der Waals surface area contributed by atoms with Crippen molar-refractivity contribution in [3.05, 3.63) is 36.4 Å². The largest absolute Gasteiger partial charge is 0.486 e. The quantitative estimate of drug-likeness (QED) is 0.803. The van der Waals surface area contributed by atoms with Gasteiger partial charge in [-0.15, -0.1) is 0 Å². The summed E-state index contributed by atoms with van der Waals surface area (Å²) >= 11 is 0. The first kappa shape index (κ1) is 15.9. The van der Waals surface area contributed by atoms with Crippen molar-refractivity contribution >= 4 is 5.91 Å². The van der Waals surface area contributed by atoms with Gasteiger partial charge in [-0.2, -0.15) is 5.10 Å². The fourth-order valence-corrected chi connectivity index (χ4v) is 3.10. The maximum Gasteiger partial charge on any atom is 0.234 e. The van der Waals surface area contributed by atoms with Crippen molar-refractivity contribution in [2.45, 2.75) is 31.5 Å². The van der Waals surface area contributed by atoms with E-state index < -0.39 is 0 Å². The lowest BCUT2D eigenvalue weighted by atomic mass is 10.1. The SMILES string of the molecule is O=C(CNC1CCc2ncnn2C1)NCC1COc2ccccc2O1. The Labute approximate surface area is 145 Å². The average molecular weight is 343 g/mol. The van der Waals surface area contributed by atoms with Gasteiger partial charge in [0.1, 0.15) is 24.9 Å². The van der Waals surface area contributed by atoms with Crippen LogP contribution in [0.2, 0.25) is 0 Å². The van der Waals surface area contributed by atoms with E-state index in [1.165, 1.54) is 0 Å². The predicted octanol–water partition coefficient (Wildman–Crippen LogP) is 0.139. The summed E-state index contributed by atoms with van der Waals surface area (Å²) in [6.45, 7) is 1.88. The molecule has 2 aliphatic heterocycles. The summed E-state index contributed by atoms with van der Waals surface area (Å²) < 4.78 is 13.4. The lowest BCUT2D eigenvalue weighted by Crippen LogP contribution is -2.46. The van der Waals surface area contributed by atoms with Crippen molar-refractivity contribution in [2.75, 3.05) is 19.7 Å². The Morgan fingerprint density at radius 1 is 1.32 bits per heavy atom. The van der Waals surface area contributed by atoms with Gasteiger partial charge in [0, 0.05) is 12.5 Å². The zero-order valence-corrected chi connectivity index (χ0v) is 13.9. The highest BCUT2D eigenvalue weighted by Gasteiger charge is 2.22. The molecule has 0 spiro atoms. The first-order valence-corrected chi connectivity index (χ1v) is 8.53. The number of amides is 1. The van der Waals surface area contributed by atoms with Gasteiger partial charge in [-0.05, 0) is 18.6 Å². The molecule has 132 valence electrons. The first-order valence-electron chi connectivity index (χ1n) is 8.53. The number of carbonyl (C=O) groups excluding carboxylic acids is 1. The number of ether oxygens (including phenoxy) is 2. The van der Waals surface area contributed by atoms with Crippen LogP contribution < -0.4 is 20.1 Å². The minimum Gasteiger partial charge on any atom is -0.486 e. The van der Waals surface area contributed by atoms with Crippen molar-refractivity contribution in [1.29, 1.82) is 0 Å². The Morgan fingerprint density at radius 3 is 3.12 bits per heavy atom. The van der Waals surface area contributed by atoms with Crippen molar-refractivity contribution in [3.63, 3.8) is 0 Å². The van der Waals surface area contributed by atoms with E-state index in [9.17, 15) is 4.79 Å². The first-order chi connectivity index (χ1) is 12.3. The smallest absolute Gasteiger partial charge is 0.234 e. The van der Waals surface area contributed by atoms with Crippen LogP contribution in [0.15, 0.2) is 30.6 Å². The number of nitrogens with zero attached hydrogens (tertiary/aromatic N) is 3. The molecule has 0 saturated heterocycles. The van der Waals surface area contributed by atoms with Crippen molar-refractivity contribution < 1.29 is 14.3 Å². The Balaban J connectivity index is 1.19. The van der Waals surface area contributed by atoms with Crippen LogP contribution in [-0.2, 0) is 17.8 Å². The van der Waals surface area contributed by atoms with E-state index in [1.54, 1.807) is 6.33 Å². The van der Waals surface area contributed by atoms with E-state index in [-0.39, 0.29) is 24.6 Å². The van der Waals surface area contributed by atoms with Crippen LogP contribution >= 0.6 is 0 Å². The maximum absolute atomic E-state index is 12.1. The number of nitrogens with one attached hydrogen (secondary N) is 2. The number of carbonyl (C=O) groups is 1. The molecule has 2 aromatic rings. The van der Waals surface area contributed by atoms with Gasteiger partial charge in [-0.3, -0.25) is 4.79 Å². The van der Waals surface area contributed by atoms with Crippen molar-refractivity contribution in [2.24, 2.45) is 0 Å². The van der Waals surface area contributed by atoms with E-state index >= 15 is 0 Å². The summed E-state index contributed by atoms with van der Waals surface area (Å²) in [6, 6.07) is 7.79. The normalized spacial score (nSPS) is 21.4. The van der Waals surface area contributed by atoms with Gasteiger partial charge in [0.2, 0.25) is 5.91 Å². The molecule has 2 unspecified atom stereocenters. The second kappa shape index (κ2) is 7.10. The number of benzene rings is 1. The average Bonchev–Trinajstić information content (AvgIpc) is 3.12. The predicted molar refractivity (Wildman–Crippen MR) is 89.5 cm³/mol. The van der Waals surface area contributed by atoms with Crippen LogP contribution in [0.4, 0.5) is 0 Å². The molecule has 25 heavy (non-hydrogen) atoms. The molecule has 8 nitrogen and oxygen atoms in total. The van der Waals surface area contributed by atoms with Gasteiger partial charge in [0.25, 0.3) is 0 Å². The molecule has 1 amide bonds. The molecule has 0 fully saturated rings. The van der Waals surface area contributed by atoms with E-state index in [0.29, 0.717) is 13.2 Å². The van der Waals surface area contributed by atoms with Crippen LogP contribution in [0.5, 0.6) is 11.5 Å². The standard InChI is InChI=1S/C17H21N5O3/c23-17(8-18-12-5-6-16-20-11-21-22(16)9-12)19-7-13-10-24-14-3-1-2-4-15(14)25-13/h1-4,11-13,18H,5-10H2,(H,19,23). The summed E-state index contributed by atoms with van der Waals surface area (Å²) in [6.07, 6.45) is 3.24. The van der Waals surface area contributed by atoms with Gasteiger partial charge in [-0.25, -0.2) is 9.67 Å². The van der Waals surface area contributed by atoms with Gasteiger partial charge >= 0.3 is 0 Å². The number of rotatable bonds is 5. The molecule has 0 bridgehead atoms. The molecule has 0 saturated carbocycles. The Bertz CT molecular complexity index is 747. The highest BCUT2D eigenvalue weighted by molar-refractivity contribution is 5.78. The van der Waals surface area contributed by atoms with E-state index in [2.05, 4.69) is 20.7 Å². The van der Waals surface area contributed by atoms with Crippen molar-refractivity contribution in [1.82, 2.24) is 25.4 Å². The lowest BCUT2D eigenvalue weighted by molar-refractivity contribution is -0.120. The summed E-state index contributed by atoms with van der Waals surface area (Å²) in [5, 5.41) is 10.4. The molecule has 2 atom stereocenters. The maximum atomic E-state index is 12.1. The Hall–Kier alpha value is -2.61. The molecule has 1 aromatic heterocycles. The van der Waals surface area contributed by atoms with E-state index in [0.717, 1.165) is 36.7 Å². The number of para-hydroxylation sites is 2. The lowest BCUT2D eigenvalue weighted by Gasteiger charge is -2.27. The number of aryl methyl sites for hydroxylation is 1. The van der Waals surface area contributed by atoms with Crippen LogP contribution in [-0.4, -0.2) is 52.5 Å². The van der Waals surface area contributed by atoms with Crippen LogP contribution in [0.1, 0.15) is 12.2 Å². The van der Waals surface area contributed by atoms with Crippen LogP contribution in [0.25, 0.3) is 0 Å². The second-order valence-corrected chi connectivity index (χ2v) is 6.28. The van der Waals surface area contributed by atoms with Gasteiger partial charge in [-0.1, -0.05) is 12.1 Å². The number of hydrogen-bond donors (Lipinski definition) is 2. The third kappa shape index (κ3) is 3.74. The molecule has 1 aromatic carbocycles. The van der Waals surface area contributed by atoms with Gasteiger partial charge in [0.05, 0.1) is 19.6 Å². The third-order valence-electron chi connectivity index (χ3n) is 4.45. The minimum absolute atomic E-state index is 0.0492. The van der Waals surface area contributed by atoms with Crippen LogP contribution in [0.3, 0.4) is 0 Å². The zero-order chi connectivity index (χ0) is 17.1. The molecule has 0 radical (unpaired) electrons. The minimum atomic E-state index is -0.175. The fourth-order valence-electron chi connectivity index (χ4n) is 3.10. The number of fused-ring (bicyclic) bond motifs is 2. The fraction of sp³-hybridized carbons (Fsp3) is 0.471. The number of aromatic nitrogens is 3. The van der Waals surface area contributed by atoms with E-state index in [1.807, 2.05) is 28.9 Å². The van der Waals surface area contributed by atoms with Crippen molar-refractivity contribution in [3.8, 4) is 11.5 Å². The highest BCUT2D eigenvalue weighted by Crippen LogP contribution is 2.30. The Kier molecular flexibility index (Phi) is 4.51. The van der Waals surface area contributed by atoms with Gasteiger partial charge in [0.15, 0.2) is 11.5 Å². The van der Waals surface area contributed by atoms with E-state index in [4.69, 9.17) is 9.47 Å². The molecular weight excluding hydrogens is 322 g/mol. The number of hydrogen-bond acceptors (Lipinski definition) is 6. The third-order valence-corrected chi connectivity index (χ3v) is 4.45. The Morgan fingerprint density at radius 2 is 2.20 bits per heavy atom. The topological polar surface area (TPSA) is 90.3 Å². The molecule has 4 rings (SSSR count). The molecule has 3 heterocycles. The molecular formula is C17H21N5O3. The highest BCUT2D eigenvalue weighted by atomic mass is 16.6. The summed E-state index contributed by atoms with van der Waals surface area (Å²) in [5.74, 6) is 2.43. The van der Waals surface area contributed by atoms with Crippen LogP contribution in [0, 0.1) is 0 Å². The molecule has 0 aliphatic carbocycles. The summed E-state index contributed by atoms with van der Waals surface area (Å²) in [4.78, 5) is 16.3. The summed E-state index contributed by atoms with van der Waals surface area (Å²) in [5.41, 5.74) is 0.